The average molecular weight is 298 g/mol. The number of aliphatic imine (C=N–C) groups is 1. The second-order valence-electron chi connectivity index (χ2n) is 5.57. The van der Waals surface area contributed by atoms with E-state index < -0.39 is 0 Å². The van der Waals surface area contributed by atoms with Gasteiger partial charge in [0.15, 0.2) is 18.1 Å². The third kappa shape index (κ3) is 3.47. The number of likely N-dealkylation sites (tertiary alicyclic amines) is 1. The maximum atomic E-state index is 6.14. The molecule has 1 aromatic heterocycles. The van der Waals surface area contributed by atoms with E-state index in [2.05, 4.69) is 14.9 Å². The largest absolute Gasteiger partial charge is 0.443 e. The molecule has 2 N–H and O–H groups in total. The van der Waals surface area contributed by atoms with Crippen molar-refractivity contribution in [1.82, 2.24) is 9.88 Å². The van der Waals surface area contributed by atoms with Gasteiger partial charge >= 0.3 is 0 Å². The van der Waals surface area contributed by atoms with E-state index in [-0.39, 0.29) is 0 Å². The lowest BCUT2D eigenvalue weighted by Crippen LogP contribution is -2.38. The summed E-state index contributed by atoms with van der Waals surface area (Å²) in [6, 6.07) is 9.96. The first-order valence-electron chi connectivity index (χ1n) is 7.87. The topological polar surface area (TPSA) is 67.6 Å². The third-order valence-electron chi connectivity index (χ3n) is 4.00. The van der Waals surface area contributed by atoms with Crippen molar-refractivity contribution in [2.24, 2.45) is 10.7 Å². The predicted molar refractivity (Wildman–Crippen MR) is 87.3 cm³/mol. The molecule has 0 atom stereocenters. The van der Waals surface area contributed by atoms with Crippen LogP contribution < -0.4 is 5.73 Å². The third-order valence-corrected chi connectivity index (χ3v) is 4.00. The minimum atomic E-state index is 0.447. The van der Waals surface area contributed by atoms with Gasteiger partial charge in [-0.3, -0.25) is 0 Å². The van der Waals surface area contributed by atoms with Crippen molar-refractivity contribution in [3.63, 3.8) is 0 Å². The molecule has 5 heteroatoms. The smallest absolute Gasteiger partial charge is 0.191 e. The molecule has 2 aromatic rings. The highest BCUT2D eigenvalue weighted by molar-refractivity contribution is 5.78. The summed E-state index contributed by atoms with van der Waals surface area (Å²) in [5.74, 6) is 1.39. The number of nitrogens with zero attached hydrogens (tertiary/aromatic N) is 3. The van der Waals surface area contributed by atoms with Crippen LogP contribution in [0.3, 0.4) is 0 Å². The SMILES string of the molecule is NC(=NCc1ncoc1-c1ccccc1)N1CCCCCC1. The second kappa shape index (κ2) is 7.11. The van der Waals surface area contributed by atoms with Crippen molar-refractivity contribution >= 4 is 5.96 Å². The molecule has 22 heavy (non-hydrogen) atoms. The molecule has 0 bridgehead atoms. The molecule has 1 aromatic carbocycles. The van der Waals surface area contributed by atoms with Crippen molar-refractivity contribution in [1.29, 1.82) is 0 Å². The Kier molecular flexibility index (Phi) is 4.73. The number of nitrogens with two attached hydrogens (primary N) is 1. The van der Waals surface area contributed by atoms with Gasteiger partial charge in [0.05, 0.1) is 6.54 Å². The Morgan fingerprint density at radius 3 is 2.59 bits per heavy atom. The van der Waals surface area contributed by atoms with Crippen LogP contribution in [0.25, 0.3) is 11.3 Å². The summed E-state index contributed by atoms with van der Waals surface area (Å²) in [6.07, 6.45) is 6.41. The highest BCUT2D eigenvalue weighted by atomic mass is 16.3. The fourth-order valence-corrected chi connectivity index (χ4v) is 2.76. The van der Waals surface area contributed by atoms with Crippen LogP contribution in [0, 0.1) is 0 Å². The van der Waals surface area contributed by atoms with Crippen molar-refractivity contribution in [3.8, 4) is 11.3 Å². The fraction of sp³-hybridized carbons (Fsp3) is 0.412. The quantitative estimate of drug-likeness (QED) is 0.698. The predicted octanol–water partition coefficient (Wildman–Crippen LogP) is 3.03. The highest BCUT2D eigenvalue weighted by Gasteiger charge is 2.13. The minimum Gasteiger partial charge on any atom is -0.443 e. The molecule has 1 aliphatic heterocycles. The number of benzene rings is 1. The van der Waals surface area contributed by atoms with E-state index in [0.717, 1.165) is 30.1 Å². The van der Waals surface area contributed by atoms with E-state index in [1.807, 2.05) is 30.3 Å². The van der Waals surface area contributed by atoms with Crippen LogP contribution >= 0.6 is 0 Å². The molecule has 1 fully saturated rings. The van der Waals surface area contributed by atoms with Crippen LogP contribution in [0.2, 0.25) is 0 Å². The molecule has 2 heterocycles. The fourth-order valence-electron chi connectivity index (χ4n) is 2.76. The van der Waals surface area contributed by atoms with E-state index in [4.69, 9.17) is 10.2 Å². The molecular formula is C17H22N4O. The monoisotopic (exact) mass is 298 g/mol. The van der Waals surface area contributed by atoms with Crippen molar-refractivity contribution < 1.29 is 4.42 Å². The Morgan fingerprint density at radius 1 is 1.14 bits per heavy atom. The van der Waals surface area contributed by atoms with Crippen LogP contribution in [0.15, 0.2) is 46.1 Å². The van der Waals surface area contributed by atoms with Gasteiger partial charge in [0.2, 0.25) is 0 Å². The number of rotatable bonds is 3. The average Bonchev–Trinajstić information content (AvgIpc) is 2.86. The van der Waals surface area contributed by atoms with Crippen LogP contribution in [0.5, 0.6) is 0 Å². The van der Waals surface area contributed by atoms with Gasteiger partial charge in [-0.05, 0) is 12.8 Å². The molecule has 1 saturated heterocycles. The second-order valence-corrected chi connectivity index (χ2v) is 5.57. The highest BCUT2D eigenvalue weighted by Crippen LogP contribution is 2.23. The molecule has 1 aliphatic rings. The van der Waals surface area contributed by atoms with Gasteiger partial charge in [0.1, 0.15) is 5.69 Å². The molecular weight excluding hydrogens is 276 g/mol. The van der Waals surface area contributed by atoms with Crippen molar-refractivity contribution in [2.45, 2.75) is 32.2 Å². The van der Waals surface area contributed by atoms with Crippen LogP contribution in [-0.4, -0.2) is 28.9 Å². The summed E-state index contributed by atoms with van der Waals surface area (Å²) < 4.78 is 5.51. The number of guanidine groups is 1. The summed E-state index contributed by atoms with van der Waals surface area (Å²) >= 11 is 0. The Hall–Kier alpha value is -2.30. The minimum absolute atomic E-state index is 0.447. The maximum Gasteiger partial charge on any atom is 0.191 e. The van der Waals surface area contributed by atoms with Crippen LogP contribution in [0.4, 0.5) is 0 Å². The summed E-state index contributed by atoms with van der Waals surface area (Å²) in [4.78, 5) is 11.0. The molecule has 116 valence electrons. The van der Waals surface area contributed by atoms with Crippen molar-refractivity contribution in [2.75, 3.05) is 13.1 Å². The van der Waals surface area contributed by atoms with E-state index in [9.17, 15) is 0 Å². The Labute approximate surface area is 130 Å². The van der Waals surface area contributed by atoms with E-state index in [1.165, 1.54) is 32.1 Å². The number of hydrogen-bond acceptors (Lipinski definition) is 3. The molecule has 5 nitrogen and oxygen atoms in total. The number of aromatic nitrogens is 1. The van der Waals surface area contributed by atoms with Gasteiger partial charge < -0.3 is 15.1 Å². The van der Waals surface area contributed by atoms with Gasteiger partial charge in [-0.25, -0.2) is 9.98 Å². The van der Waals surface area contributed by atoms with Gasteiger partial charge in [-0.2, -0.15) is 0 Å². The van der Waals surface area contributed by atoms with Gasteiger partial charge in [-0.1, -0.05) is 43.2 Å². The van der Waals surface area contributed by atoms with Gasteiger partial charge in [0.25, 0.3) is 0 Å². The molecule has 0 spiro atoms. The normalized spacial score (nSPS) is 16.5. The molecule has 3 rings (SSSR count). The zero-order valence-electron chi connectivity index (χ0n) is 12.7. The number of hydrogen-bond donors (Lipinski definition) is 1. The zero-order valence-corrected chi connectivity index (χ0v) is 12.7. The summed E-state index contributed by atoms with van der Waals surface area (Å²) in [6.45, 7) is 2.45. The Morgan fingerprint density at radius 2 is 1.86 bits per heavy atom. The molecule has 0 saturated carbocycles. The van der Waals surface area contributed by atoms with E-state index in [0.29, 0.717) is 12.5 Å². The van der Waals surface area contributed by atoms with E-state index >= 15 is 0 Å². The van der Waals surface area contributed by atoms with Crippen LogP contribution in [0.1, 0.15) is 31.4 Å². The molecule has 0 unspecified atom stereocenters. The first kappa shape index (κ1) is 14.6. The standard InChI is InChI=1S/C17H22N4O/c18-17(21-10-6-1-2-7-11-21)19-12-15-16(22-13-20-15)14-8-4-3-5-9-14/h3-5,8-9,13H,1-2,6-7,10-12H2,(H2,18,19). The summed E-state index contributed by atoms with van der Waals surface area (Å²) in [5, 5.41) is 0. The summed E-state index contributed by atoms with van der Waals surface area (Å²) in [7, 11) is 0. The lowest BCUT2D eigenvalue weighted by Gasteiger charge is -2.20. The first-order valence-corrected chi connectivity index (χ1v) is 7.87. The zero-order chi connectivity index (χ0) is 15.2. The van der Waals surface area contributed by atoms with Crippen molar-refractivity contribution in [3.05, 3.63) is 42.4 Å². The lowest BCUT2D eigenvalue weighted by molar-refractivity contribution is 0.428. The maximum absolute atomic E-state index is 6.14. The Balaban J connectivity index is 1.71. The summed E-state index contributed by atoms with van der Waals surface area (Å²) in [5.41, 5.74) is 7.98. The van der Waals surface area contributed by atoms with Gasteiger partial charge in [0, 0.05) is 18.7 Å². The molecule has 0 radical (unpaired) electrons. The molecule has 0 amide bonds. The van der Waals surface area contributed by atoms with E-state index in [1.54, 1.807) is 0 Å². The lowest BCUT2D eigenvalue weighted by atomic mass is 10.1. The number of oxazole rings is 1. The molecule has 0 aliphatic carbocycles. The first-order chi connectivity index (χ1) is 10.8. The Bertz CT molecular complexity index is 613. The van der Waals surface area contributed by atoms with Gasteiger partial charge in [-0.15, -0.1) is 0 Å². The van der Waals surface area contributed by atoms with Crippen LogP contribution in [-0.2, 0) is 6.54 Å².